The second kappa shape index (κ2) is 200. The molecule has 0 atom stereocenters. The molecule has 0 aromatic heterocycles. The van der Waals surface area contributed by atoms with Crippen molar-refractivity contribution in [1.82, 2.24) is 0 Å². The fraction of sp³-hybridized carbons (Fsp3) is 0.429. The molecule has 0 spiro atoms. The van der Waals surface area contributed by atoms with Gasteiger partial charge in [0.15, 0.2) is 0 Å². The average molecular weight is 428 g/mol. The summed E-state index contributed by atoms with van der Waals surface area (Å²) < 4.78 is 55.0. The monoisotopic (exact) mass is 428 g/mol. The standard InChI is InChI=1S/C8H14O2.6CO.2Co/c1-3-9-7-5-6-8-10-4-2;6*1-2;;/h3-4,7-8H2,1-2H3;;;;;;;;. The Kier molecular flexibility index (Phi) is 473. The van der Waals surface area contributed by atoms with Gasteiger partial charge in [0, 0.05) is 46.8 Å². The summed E-state index contributed by atoms with van der Waals surface area (Å²) >= 11 is 0. The first kappa shape index (κ1) is 56.8. The fourth-order valence-corrected chi connectivity index (χ4v) is 0.408. The van der Waals surface area contributed by atoms with Crippen molar-refractivity contribution in [3.63, 3.8) is 0 Å². The Morgan fingerprint density at radius 2 is 0.708 bits per heavy atom. The predicted octanol–water partition coefficient (Wildman–Crippen LogP) is 0.833. The van der Waals surface area contributed by atoms with Crippen LogP contribution in [0.1, 0.15) is 13.8 Å². The molecule has 0 saturated carbocycles. The molecule has 0 bridgehead atoms. The van der Waals surface area contributed by atoms with Crippen LogP contribution in [0, 0.1) is 51.7 Å². The van der Waals surface area contributed by atoms with Crippen LogP contribution in [0.25, 0.3) is 0 Å². The topological polar surface area (TPSA) is 138 Å². The molecule has 8 nitrogen and oxygen atoms in total. The van der Waals surface area contributed by atoms with Gasteiger partial charge in [0.25, 0.3) is 0 Å². The van der Waals surface area contributed by atoms with E-state index in [-0.39, 0.29) is 33.6 Å². The van der Waals surface area contributed by atoms with Gasteiger partial charge in [-0.15, -0.1) is 0 Å². The summed E-state index contributed by atoms with van der Waals surface area (Å²) in [5.74, 6) is 5.65. The van der Waals surface area contributed by atoms with Crippen LogP contribution in [0.15, 0.2) is 0 Å². The molecule has 0 amide bonds. The number of hydrogen-bond acceptors (Lipinski definition) is 2. The third kappa shape index (κ3) is 236. The van der Waals surface area contributed by atoms with Crippen LogP contribution in [0.3, 0.4) is 0 Å². The normalized spacial score (nSPS) is 4.08. The number of ether oxygens (including phenoxy) is 2. The summed E-state index contributed by atoms with van der Waals surface area (Å²) in [6, 6.07) is 0. The minimum Gasteiger partial charge on any atom is 0 e. The minimum absolute atomic E-state index is 0. The second-order valence-electron chi connectivity index (χ2n) is 1.63. The van der Waals surface area contributed by atoms with Gasteiger partial charge in [-0.2, -0.15) is 0 Å². The Labute approximate surface area is 163 Å². The SMILES string of the molecule is CCOCC#CCOCC.[C-]#[O+].[C-]#[O+].[C-]#[O+].[C-]#[O+].[C-]#[O+].[C-]#[O+].[Co].[Co]. The van der Waals surface area contributed by atoms with E-state index in [9.17, 15) is 0 Å². The molecule has 0 rings (SSSR count). The zero-order valence-electron chi connectivity index (χ0n) is 12.8. The van der Waals surface area contributed by atoms with E-state index in [4.69, 9.17) is 37.4 Å². The van der Waals surface area contributed by atoms with Crippen molar-refractivity contribution < 1.29 is 70.9 Å². The average Bonchev–Trinajstić information content (AvgIpc) is 2.68. The Bertz CT molecular complexity index is 262. The summed E-state index contributed by atoms with van der Waals surface area (Å²) in [6.07, 6.45) is 0. The van der Waals surface area contributed by atoms with Crippen LogP contribution in [-0.2, 0) is 70.9 Å². The van der Waals surface area contributed by atoms with Gasteiger partial charge in [-0.1, -0.05) is 11.8 Å². The zero-order chi connectivity index (χ0) is 19.7. The maximum Gasteiger partial charge on any atom is 0 e. The molecular weight excluding hydrogens is 414 g/mol. The molecule has 2 radical (unpaired) electrons. The van der Waals surface area contributed by atoms with E-state index in [1.54, 1.807) is 0 Å². The summed E-state index contributed by atoms with van der Waals surface area (Å²) in [6.45, 7) is 33.4. The number of hydrogen-bond donors (Lipinski definition) is 0. The molecule has 0 N–H and O–H groups in total. The van der Waals surface area contributed by atoms with Gasteiger partial charge in [-0.25, -0.2) is 0 Å². The van der Waals surface area contributed by atoms with E-state index >= 15 is 0 Å². The zero-order valence-corrected chi connectivity index (χ0v) is 14.8. The first-order valence-electron chi connectivity index (χ1n) is 4.75. The predicted molar refractivity (Wildman–Crippen MR) is 64.3 cm³/mol. The van der Waals surface area contributed by atoms with Crippen LogP contribution in [-0.4, -0.2) is 26.4 Å². The summed E-state index contributed by atoms with van der Waals surface area (Å²) in [7, 11) is 0. The van der Waals surface area contributed by atoms with Crippen molar-refractivity contribution in [1.29, 1.82) is 0 Å². The van der Waals surface area contributed by atoms with Crippen molar-refractivity contribution in [2.45, 2.75) is 13.8 Å². The smallest absolute Gasteiger partial charge is 0 e. The van der Waals surface area contributed by atoms with Crippen LogP contribution in [0.2, 0.25) is 0 Å². The molecule has 0 aliphatic carbocycles. The fourth-order valence-electron chi connectivity index (χ4n) is 0.408. The molecule has 0 fully saturated rings. The van der Waals surface area contributed by atoms with E-state index in [2.05, 4.69) is 51.7 Å². The first-order valence-corrected chi connectivity index (χ1v) is 4.75. The van der Waals surface area contributed by atoms with Crippen molar-refractivity contribution in [2.75, 3.05) is 26.4 Å². The van der Waals surface area contributed by atoms with E-state index in [1.165, 1.54) is 0 Å². The Balaban J connectivity index is -0.0000000196. The van der Waals surface area contributed by atoms with Crippen LogP contribution in [0.5, 0.6) is 0 Å². The van der Waals surface area contributed by atoms with Crippen LogP contribution >= 0.6 is 0 Å². The molecule has 0 saturated heterocycles. The van der Waals surface area contributed by atoms with Crippen molar-refractivity contribution in [2.24, 2.45) is 0 Å². The maximum absolute atomic E-state index is 7.50. The maximum atomic E-state index is 7.50. The van der Waals surface area contributed by atoms with E-state index in [0.29, 0.717) is 13.2 Å². The Morgan fingerprint density at radius 1 is 0.542 bits per heavy atom. The summed E-state index contributed by atoms with van der Waals surface area (Å²) in [4.78, 5) is 0. The van der Waals surface area contributed by atoms with Gasteiger partial charge in [0.2, 0.25) is 0 Å². The van der Waals surface area contributed by atoms with Gasteiger partial charge in [0.05, 0.1) is 0 Å². The first-order chi connectivity index (χ1) is 10.9. The van der Waals surface area contributed by atoms with E-state index in [0.717, 1.165) is 13.2 Å². The largest absolute Gasteiger partial charge is 0 e. The van der Waals surface area contributed by atoms with Gasteiger partial charge < -0.3 is 9.47 Å². The molecule has 0 aliphatic rings. The van der Waals surface area contributed by atoms with Gasteiger partial charge >= 0.3 is 67.8 Å². The van der Waals surface area contributed by atoms with Gasteiger partial charge in [0.1, 0.15) is 13.2 Å². The summed E-state index contributed by atoms with van der Waals surface area (Å²) in [5.41, 5.74) is 0. The molecule has 0 heterocycles. The molecule has 0 aromatic rings. The summed E-state index contributed by atoms with van der Waals surface area (Å²) in [5, 5.41) is 0. The van der Waals surface area contributed by atoms with E-state index < -0.39 is 0 Å². The molecular formula is C14H14Co2O8. The third-order valence-corrected chi connectivity index (χ3v) is 0.882. The molecule has 0 unspecified atom stereocenters. The quantitative estimate of drug-likeness (QED) is 0.284. The van der Waals surface area contributed by atoms with Gasteiger partial charge in [-0.05, 0) is 13.8 Å². The third-order valence-electron chi connectivity index (χ3n) is 0.882. The molecule has 10 heteroatoms. The van der Waals surface area contributed by atoms with Crippen LogP contribution < -0.4 is 0 Å². The molecule has 0 aromatic carbocycles. The van der Waals surface area contributed by atoms with Crippen molar-refractivity contribution in [3.05, 3.63) is 39.9 Å². The number of rotatable bonds is 4. The molecule has 136 valence electrons. The van der Waals surface area contributed by atoms with Crippen molar-refractivity contribution in [3.8, 4) is 11.8 Å². The van der Waals surface area contributed by atoms with E-state index in [1.807, 2.05) is 13.8 Å². The molecule has 0 aliphatic heterocycles. The minimum atomic E-state index is 0. The Hall–Kier alpha value is -1.07. The van der Waals surface area contributed by atoms with Crippen LogP contribution in [0.4, 0.5) is 0 Å². The Morgan fingerprint density at radius 3 is 0.833 bits per heavy atom. The van der Waals surface area contributed by atoms with Gasteiger partial charge in [-0.3, -0.25) is 0 Å². The second-order valence-corrected chi connectivity index (χ2v) is 1.63. The van der Waals surface area contributed by atoms with Crippen molar-refractivity contribution >= 4 is 0 Å². The molecule has 24 heavy (non-hydrogen) atoms.